The van der Waals surface area contributed by atoms with E-state index in [0.29, 0.717) is 25.4 Å². The van der Waals surface area contributed by atoms with Crippen molar-refractivity contribution < 1.29 is 9.59 Å². The molecule has 1 aromatic rings. The number of carbonyl (C=O) groups is 2. The molecular formula is C18H27N5O2. The maximum atomic E-state index is 13.0. The number of nitrogens with zero attached hydrogens (tertiary/aromatic N) is 5. The molecule has 3 aliphatic rings. The van der Waals surface area contributed by atoms with E-state index in [9.17, 15) is 9.59 Å². The third-order valence-electron chi connectivity index (χ3n) is 5.70. The molecule has 2 saturated heterocycles. The Morgan fingerprint density at radius 1 is 1.20 bits per heavy atom. The van der Waals surface area contributed by atoms with Crippen molar-refractivity contribution in [3.63, 3.8) is 0 Å². The Hall–Kier alpha value is -1.92. The second kappa shape index (κ2) is 6.42. The van der Waals surface area contributed by atoms with Gasteiger partial charge in [-0.3, -0.25) is 9.59 Å². The summed E-state index contributed by atoms with van der Waals surface area (Å²) in [5.41, 5.74) is 0. The second-order valence-corrected chi connectivity index (χ2v) is 7.87. The van der Waals surface area contributed by atoms with Gasteiger partial charge in [0.05, 0.1) is 12.0 Å². The van der Waals surface area contributed by atoms with Gasteiger partial charge < -0.3 is 9.80 Å². The zero-order valence-electron chi connectivity index (χ0n) is 15.1. The molecule has 0 bridgehead atoms. The first-order valence-corrected chi connectivity index (χ1v) is 9.47. The largest absolute Gasteiger partial charge is 0.342 e. The van der Waals surface area contributed by atoms with E-state index in [0.717, 1.165) is 37.6 Å². The summed E-state index contributed by atoms with van der Waals surface area (Å²) in [6.45, 7) is 6.78. The molecule has 2 aliphatic heterocycles. The predicted octanol–water partition coefficient (Wildman–Crippen LogP) is 1.32. The van der Waals surface area contributed by atoms with E-state index in [1.165, 1.54) is 12.8 Å². The topological polar surface area (TPSA) is 71.3 Å². The highest BCUT2D eigenvalue weighted by Gasteiger charge is 2.39. The van der Waals surface area contributed by atoms with Gasteiger partial charge in [-0.05, 0) is 45.4 Å². The number of carbonyl (C=O) groups excluding carboxylic acids is 2. The first-order chi connectivity index (χ1) is 12.0. The summed E-state index contributed by atoms with van der Waals surface area (Å²) in [5.74, 6) is 2.49. The zero-order valence-corrected chi connectivity index (χ0v) is 15.1. The Labute approximate surface area is 148 Å². The summed E-state index contributed by atoms with van der Waals surface area (Å²) in [6.07, 6.45) is 4.83. The number of rotatable bonds is 4. The predicted molar refractivity (Wildman–Crippen MR) is 91.8 cm³/mol. The van der Waals surface area contributed by atoms with Gasteiger partial charge in [0.1, 0.15) is 11.6 Å². The molecule has 3 heterocycles. The van der Waals surface area contributed by atoms with Crippen LogP contribution in [0.3, 0.4) is 0 Å². The summed E-state index contributed by atoms with van der Waals surface area (Å²) in [4.78, 5) is 33.4. The molecule has 4 rings (SSSR count). The monoisotopic (exact) mass is 345 g/mol. The van der Waals surface area contributed by atoms with E-state index in [4.69, 9.17) is 0 Å². The van der Waals surface area contributed by atoms with E-state index in [1.807, 2.05) is 28.3 Å². The lowest BCUT2D eigenvalue weighted by Gasteiger charge is -2.34. The van der Waals surface area contributed by atoms with Crippen molar-refractivity contribution >= 4 is 11.8 Å². The first-order valence-electron chi connectivity index (χ1n) is 9.47. The summed E-state index contributed by atoms with van der Waals surface area (Å²) in [6, 6.07) is 0.193. The van der Waals surface area contributed by atoms with Gasteiger partial charge in [0.15, 0.2) is 0 Å². The van der Waals surface area contributed by atoms with Gasteiger partial charge in [-0.2, -0.15) is 5.10 Å². The van der Waals surface area contributed by atoms with Crippen LogP contribution < -0.4 is 0 Å². The highest BCUT2D eigenvalue weighted by Crippen LogP contribution is 2.33. The SMILES string of the molecule is Cc1nc(C)n([C@@H]2CCCN(C(=O)[C@@H]3CC(=O)N(CC4CC4)C3)C2)n1. The molecular weight excluding hydrogens is 318 g/mol. The normalized spacial score (nSPS) is 27.2. The van der Waals surface area contributed by atoms with E-state index in [-0.39, 0.29) is 23.8 Å². The molecule has 1 aromatic heterocycles. The molecule has 0 aromatic carbocycles. The average molecular weight is 345 g/mol. The zero-order chi connectivity index (χ0) is 17.6. The highest BCUT2D eigenvalue weighted by molar-refractivity contribution is 5.89. The Morgan fingerprint density at radius 3 is 2.68 bits per heavy atom. The van der Waals surface area contributed by atoms with E-state index in [1.54, 1.807) is 0 Å². The van der Waals surface area contributed by atoms with Crippen LogP contribution in [0.5, 0.6) is 0 Å². The number of hydrogen-bond donors (Lipinski definition) is 0. The van der Waals surface area contributed by atoms with E-state index < -0.39 is 0 Å². The van der Waals surface area contributed by atoms with Crippen LogP contribution in [0.4, 0.5) is 0 Å². The van der Waals surface area contributed by atoms with Crippen molar-refractivity contribution in [2.75, 3.05) is 26.2 Å². The lowest BCUT2D eigenvalue weighted by atomic mass is 10.0. The van der Waals surface area contributed by atoms with Crippen molar-refractivity contribution in [3.05, 3.63) is 11.6 Å². The number of aromatic nitrogens is 3. The molecule has 25 heavy (non-hydrogen) atoms. The van der Waals surface area contributed by atoms with Gasteiger partial charge in [-0.25, -0.2) is 9.67 Å². The third-order valence-corrected chi connectivity index (χ3v) is 5.70. The van der Waals surface area contributed by atoms with Crippen LogP contribution in [0.15, 0.2) is 0 Å². The fraction of sp³-hybridized carbons (Fsp3) is 0.778. The van der Waals surface area contributed by atoms with Crippen LogP contribution in [0.2, 0.25) is 0 Å². The number of likely N-dealkylation sites (tertiary alicyclic amines) is 2. The Morgan fingerprint density at radius 2 is 2.00 bits per heavy atom. The van der Waals surface area contributed by atoms with Gasteiger partial charge in [0.2, 0.25) is 11.8 Å². The molecule has 0 unspecified atom stereocenters. The van der Waals surface area contributed by atoms with Crippen molar-refractivity contribution in [2.45, 2.75) is 52.0 Å². The van der Waals surface area contributed by atoms with Crippen molar-refractivity contribution in [2.24, 2.45) is 11.8 Å². The minimum atomic E-state index is -0.163. The van der Waals surface area contributed by atoms with Crippen LogP contribution in [0.1, 0.15) is 49.8 Å². The lowest BCUT2D eigenvalue weighted by Crippen LogP contribution is -2.44. The summed E-state index contributed by atoms with van der Waals surface area (Å²) in [7, 11) is 0. The van der Waals surface area contributed by atoms with Gasteiger partial charge >= 0.3 is 0 Å². The van der Waals surface area contributed by atoms with Crippen LogP contribution in [-0.2, 0) is 9.59 Å². The Bertz CT molecular complexity index is 681. The maximum absolute atomic E-state index is 13.0. The number of amides is 2. The van der Waals surface area contributed by atoms with Gasteiger partial charge in [-0.1, -0.05) is 0 Å². The molecule has 1 aliphatic carbocycles. The number of aryl methyl sites for hydroxylation is 2. The molecule has 0 radical (unpaired) electrons. The van der Waals surface area contributed by atoms with Crippen LogP contribution >= 0.6 is 0 Å². The molecule has 1 saturated carbocycles. The molecule has 136 valence electrons. The minimum absolute atomic E-state index is 0.144. The summed E-state index contributed by atoms with van der Waals surface area (Å²) in [5, 5.41) is 4.49. The lowest BCUT2D eigenvalue weighted by molar-refractivity contribution is -0.137. The van der Waals surface area contributed by atoms with Crippen molar-refractivity contribution in [1.29, 1.82) is 0 Å². The quantitative estimate of drug-likeness (QED) is 0.825. The van der Waals surface area contributed by atoms with Crippen LogP contribution in [0.25, 0.3) is 0 Å². The standard InChI is InChI=1S/C18H27N5O2/c1-12-19-13(2)23(20-12)16-4-3-7-21(11-16)18(25)15-8-17(24)22(10-15)9-14-5-6-14/h14-16H,3-11H2,1-2H3/t15-,16-/m1/s1. The van der Waals surface area contributed by atoms with Crippen LogP contribution in [0, 0.1) is 25.7 Å². The fourth-order valence-corrected chi connectivity index (χ4v) is 4.22. The fourth-order valence-electron chi connectivity index (χ4n) is 4.22. The van der Waals surface area contributed by atoms with Crippen molar-refractivity contribution in [3.8, 4) is 0 Å². The molecule has 3 fully saturated rings. The van der Waals surface area contributed by atoms with Gasteiger partial charge in [-0.15, -0.1) is 0 Å². The molecule has 0 N–H and O–H groups in total. The van der Waals surface area contributed by atoms with Gasteiger partial charge in [0.25, 0.3) is 0 Å². The Kier molecular flexibility index (Phi) is 4.25. The highest BCUT2D eigenvalue weighted by atomic mass is 16.2. The maximum Gasteiger partial charge on any atom is 0.228 e. The average Bonchev–Trinajstić information content (AvgIpc) is 3.24. The van der Waals surface area contributed by atoms with E-state index >= 15 is 0 Å². The molecule has 2 amide bonds. The smallest absolute Gasteiger partial charge is 0.228 e. The van der Waals surface area contributed by atoms with E-state index in [2.05, 4.69) is 10.1 Å². The van der Waals surface area contributed by atoms with Crippen LogP contribution in [-0.4, -0.2) is 62.6 Å². The minimum Gasteiger partial charge on any atom is -0.342 e. The molecule has 2 atom stereocenters. The first kappa shape index (κ1) is 16.5. The molecule has 7 nitrogen and oxygen atoms in total. The number of piperidine rings is 1. The van der Waals surface area contributed by atoms with Gasteiger partial charge in [0, 0.05) is 32.6 Å². The second-order valence-electron chi connectivity index (χ2n) is 7.87. The molecule has 0 spiro atoms. The Balaban J connectivity index is 1.40. The summed E-state index contributed by atoms with van der Waals surface area (Å²) < 4.78 is 1.97. The molecule has 7 heteroatoms. The number of hydrogen-bond acceptors (Lipinski definition) is 4. The summed E-state index contributed by atoms with van der Waals surface area (Å²) >= 11 is 0. The third kappa shape index (κ3) is 3.41. The van der Waals surface area contributed by atoms with Crippen molar-refractivity contribution in [1.82, 2.24) is 24.6 Å².